The minimum Gasteiger partial charge on any atom is -0.423 e. The maximum absolute atomic E-state index is 10.6. The minimum atomic E-state index is -0.655. The van der Waals surface area contributed by atoms with Crippen LogP contribution < -0.4 is 11.1 Å². The molecule has 4 N–H and O–H groups in total. The number of benzene rings is 1. The number of aliphatic hydroxyl groups excluding tert-OH is 1. The van der Waals surface area contributed by atoms with E-state index in [4.69, 9.17) is 10.2 Å². The second kappa shape index (κ2) is 5.21. The first kappa shape index (κ1) is 13.2. The van der Waals surface area contributed by atoms with Crippen molar-refractivity contribution in [1.82, 2.24) is 4.98 Å². The molecule has 0 fully saturated rings. The summed E-state index contributed by atoms with van der Waals surface area (Å²) in [6, 6.07) is 3.94. The van der Waals surface area contributed by atoms with E-state index in [9.17, 15) is 15.2 Å². The predicted molar refractivity (Wildman–Crippen MR) is 68.8 cm³/mol. The second-order valence-electron chi connectivity index (χ2n) is 4.21. The Labute approximate surface area is 108 Å². The van der Waals surface area contributed by atoms with Gasteiger partial charge in [0.15, 0.2) is 5.58 Å². The van der Waals surface area contributed by atoms with Crippen LogP contribution in [0.1, 0.15) is 6.92 Å². The number of rotatable bonds is 5. The van der Waals surface area contributed by atoms with Crippen molar-refractivity contribution in [3.63, 3.8) is 0 Å². The molecule has 0 aliphatic heterocycles. The molecule has 0 radical (unpaired) electrons. The Morgan fingerprint density at radius 1 is 1.63 bits per heavy atom. The monoisotopic (exact) mass is 266 g/mol. The number of non-ortho nitro benzene ring substituents is 1. The Morgan fingerprint density at radius 3 is 3.00 bits per heavy atom. The number of nitrogens with one attached hydrogen (secondary N) is 1. The first-order chi connectivity index (χ1) is 8.97. The molecule has 0 aliphatic carbocycles. The van der Waals surface area contributed by atoms with Crippen LogP contribution in [0.2, 0.25) is 0 Å². The first-order valence-electron chi connectivity index (χ1n) is 5.70. The third-order valence-electron chi connectivity index (χ3n) is 2.69. The number of nitro benzene ring substituents is 1. The van der Waals surface area contributed by atoms with Gasteiger partial charge in [-0.15, -0.1) is 0 Å². The molecular formula is C11H14N4O4. The fourth-order valence-corrected chi connectivity index (χ4v) is 1.48. The molecule has 0 aliphatic rings. The topological polar surface area (TPSA) is 127 Å². The number of oxazole rings is 1. The maximum Gasteiger partial charge on any atom is 0.295 e. The maximum atomic E-state index is 10.6. The summed E-state index contributed by atoms with van der Waals surface area (Å²) in [4.78, 5) is 14.2. The fourth-order valence-electron chi connectivity index (χ4n) is 1.48. The smallest absolute Gasteiger partial charge is 0.295 e. The van der Waals surface area contributed by atoms with Crippen molar-refractivity contribution in [3.05, 3.63) is 28.3 Å². The highest BCUT2D eigenvalue weighted by Gasteiger charge is 2.13. The number of anilines is 1. The van der Waals surface area contributed by atoms with Crippen molar-refractivity contribution >= 4 is 22.8 Å². The number of hydrogen-bond acceptors (Lipinski definition) is 7. The average Bonchev–Trinajstić information content (AvgIpc) is 2.77. The van der Waals surface area contributed by atoms with Gasteiger partial charge in [0.1, 0.15) is 5.52 Å². The third-order valence-corrected chi connectivity index (χ3v) is 2.69. The number of fused-ring (bicyclic) bond motifs is 1. The number of hydrogen-bond donors (Lipinski definition) is 3. The van der Waals surface area contributed by atoms with Crippen LogP contribution in [0, 0.1) is 10.1 Å². The van der Waals surface area contributed by atoms with Gasteiger partial charge in [-0.25, -0.2) is 0 Å². The van der Waals surface area contributed by atoms with E-state index in [0.29, 0.717) is 11.1 Å². The van der Waals surface area contributed by atoms with E-state index in [-0.39, 0.29) is 18.2 Å². The van der Waals surface area contributed by atoms with Crippen LogP contribution in [-0.4, -0.2) is 33.7 Å². The molecule has 0 saturated heterocycles. The standard InChI is InChI=1S/C11H14N4O4/c1-6(16)8(12)5-13-11-14-9-3-2-7(15(17)18)4-10(9)19-11/h2-4,6,8,16H,5,12H2,1H3,(H,13,14). The number of aliphatic hydroxyl groups is 1. The molecule has 1 heterocycles. The van der Waals surface area contributed by atoms with Gasteiger partial charge in [0.05, 0.1) is 17.1 Å². The lowest BCUT2D eigenvalue weighted by atomic mass is 10.2. The van der Waals surface area contributed by atoms with Crippen molar-refractivity contribution < 1.29 is 14.4 Å². The van der Waals surface area contributed by atoms with Gasteiger partial charge in [-0.2, -0.15) is 4.98 Å². The van der Waals surface area contributed by atoms with Gasteiger partial charge in [-0.1, -0.05) is 0 Å². The molecule has 102 valence electrons. The number of aromatic nitrogens is 1. The predicted octanol–water partition coefficient (Wildman–Crippen LogP) is 0.856. The van der Waals surface area contributed by atoms with Crippen LogP contribution in [0.5, 0.6) is 0 Å². The highest BCUT2D eigenvalue weighted by Crippen LogP contribution is 2.23. The van der Waals surface area contributed by atoms with E-state index < -0.39 is 17.1 Å². The van der Waals surface area contributed by atoms with Gasteiger partial charge in [0.2, 0.25) is 0 Å². The summed E-state index contributed by atoms with van der Waals surface area (Å²) in [6.07, 6.45) is -0.655. The van der Waals surface area contributed by atoms with Crippen LogP contribution >= 0.6 is 0 Å². The molecule has 19 heavy (non-hydrogen) atoms. The van der Waals surface area contributed by atoms with Gasteiger partial charge >= 0.3 is 0 Å². The van der Waals surface area contributed by atoms with Gasteiger partial charge < -0.3 is 20.6 Å². The van der Waals surface area contributed by atoms with Crippen LogP contribution in [-0.2, 0) is 0 Å². The molecule has 1 aromatic carbocycles. The van der Waals surface area contributed by atoms with Gasteiger partial charge in [0, 0.05) is 18.7 Å². The Hall–Kier alpha value is -2.19. The van der Waals surface area contributed by atoms with Gasteiger partial charge in [0.25, 0.3) is 11.7 Å². The highest BCUT2D eigenvalue weighted by atomic mass is 16.6. The van der Waals surface area contributed by atoms with Crippen LogP contribution in [0.25, 0.3) is 11.1 Å². The Kier molecular flexibility index (Phi) is 3.63. The van der Waals surface area contributed by atoms with Gasteiger partial charge in [-0.3, -0.25) is 10.1 Å². The lowest BCUT2D eigenvalue weighted by Gasteiger charge is -2.13. The van der Waals surface area contributed by atoms with E-state index in [1.165, 1.54) is 18.2 Å². The molecule has 0 saturated carbocycles. The van der Waals surface area contributed by atoms with Crippen molar-refractivity contribution in [2.24, 2.45) is 5.73 Å². The van der Waals surface area contributed by atoms with Crippen molar-refractivity contribution in [3.8, 4) is 0 Å². The molecule has 1 aromatic heterocycles. The average molecular weight is 266 g/mol. The molecule has 2 aromatic rings. The SMILES string of the molecule is CC(O)C(N)CNc1nc2ccc([N+](=O)[O-])cc2o1. The summed E-state index contributed by atoms with van der Waals surface area (Å²) in [5.74, 6) is 0. The molecule has 0 bridgehead atoms. The molecule has 0 amide bonds. The number of nitro groups is 1. The van der Waals surface area contributed by atoms with E-state index in [1.54, 1.807) is 6.92 Å². The molecule has 8 heteroatoms. The lowest BCUT2D eigenvalue weighted by Crippen LogP contribution is -2.38. The normalized spacial score (nSPS) is 14.3. The summed E-state index contributed by atoms with van der Waals surface area (Å²) in [6.45, 7) is 1.87. The summed E-state index contributed by atoms with van der Waals surface area (Å²) >= 11 is 0. The largest absolute Gasteiger partial charge is 0.423 e. The number of nitrogens with two attached hydrogens (primary N) is 1. The van der Waals surface area contributed by atoms with Crippen LogP contribution in [0.15, 0.2) is 22.6 Å². The fraction of sp³-hybridized carbons (Fsp3) is 0.364. The quantitative estimate of drug-likeness (QED) is 0.540. The molecule has 0 spiro atoms. The Balaban J connectivity index is 2.15. The Morgan fingerprint density at radius 2 is 2.37 bits per heavy atom. The van der Waals surface area contributed by atoms with Crippen molar-refractivity contribution in [2.75, 3.05) is 11.9 Å². The van der Waals surface area contributed by atoms with Gasteiger partial charge in [-0.05, 0) is 13.0 Å². The summed E-state index contributed by atoms with van der Waals surface area (Å²) < 4.78 is 5.33. The molecule has 8 nitrogen and oxygen atoms in total. The van der Waals surface area contributed by atoms with Crippen molar-refractivity contribution in [2.45, 2.75) is 19.1 Å². The van der Waals surface area contributed by atoms with E-state index in [0.717, 1.165) is 0 Å². The van der Waals surface area contributed by atoms with Crippen molar-refractivity contribution in [1.29, 1.82) is 0 Å². The zero-order chi connectivity index (χ0) is 14.0. The van der Waals surface area contributed by atoms with Crippen LogP contribution in [0.3, 0.4) is 0 Å². The highest BCUT2D eigenvalue weighted by molar-refractivity contribution is 5.77. The molecule has 2 rings (SSSR count). The molecule has 2 unspecified atom stereocenters. The zero-order valence-electron chi connectivity index (χ0n) is 10.2. The van der Waals surface area contributed by atoms with Crippen LogP contribution in [0.4, 0.5) is 11.7 Å². The molecular weight excluding hydrogens is 252 g/mol. The first-order valence-corrected chi connectivity index (χ1v) is 5.70. The summed E-state index contributed by atoms with van der Waals surface area (Å²) in [5, 5.41) is 22.7. The minimum absolute atomic E-state index is 0.0594. The molecule has 2 atom stereocenters. The Bertz CT molecular complexity index is 595. The summed E-state index contributed by atoms with van der Waals surface area (Å²) in [7, 11) is 0. The lowest BCUT2D eigenvalue weighted by molar-refractivity contribution is -0.384. The second-order valence-corrected chi connectivity index (χ2v) is 4.21. The third kappa shape index (κ3) is 2.98. The number of nitrogens with zero attached hydrogens (tertiary/aromatic N) is 2. The zero-order valence-corrected chi connectivity index (χ0v) is 10.2. The van der Waals surface area contributed by atoms with E-state index in [1.807, 2.05) is 0 Å². The van der Waals surface area contributed by atoms with E-state index in [2.05, 4.69) is 10.3 Å². The summed E-state index contributed by atoms with van der Waals surface area (Å²) in [5.41, 5.74) is 6.43. The van der Waals surface area contributed by atoms with E-state index >= 15 is 0 Å².